The number of para-hydroxylation sites is 1. The van der Waals surface area contributed by atoms with Crippen LogP contribution in [0.1, 0.15) is 18.9 Å². The van der Waals surface area contributed by atoms with Gasteiger partial charge in [-0.2, -0.15) is 0 Å². The minimum absolute atomic E-state index is 0.0351. The first-order valence-corrected chi connectivity index (χ1v) is 10.1. The minimum atomic E-state index is 0.0351. The first kappa shape index (κ1) is 20.5. The van der Waals surface area contributed by atoms with Crippen molar-refractivity contribution in [3.05, 3.63) is 90.5 Å². The van der Waals surface area contributed by atoms with Crippen molar-refractivity contribution >= 4 is 17.3 Å². The highest BCUT2D eigenvalue weighted by Crippen LogP contribution is 2.18. The van der Waals surface area contributed by atoms with E-state index in [0.717, 1.165) is 30.0 Å². The van der Waals surface area contributed by atoms with Gasteiger partial charge in [-0.25, -0.2) is 0 Å². The highest BCUT2D eigenvalue weighted by Gasteiger charge is 2.13. The first-order chi connectivity index (χ1) is 14.3. The van der Waals surface area contributed by atoms with E-state index >= 15 is 0 Å². The maximum Gasteiger partial charge on any atom is 0.246 e. The summed E-state index contributed by atoms with van der Waals surface area (Å²) in [5.41, 5.74) is 3.12. The van der Waals surface area contributed by atoms with E-state index in [1.165, 1.54) is 5.56 Å². The number of carbonyl (C=O) groups is 1. The number of likely N-dealkylation sites (N-methyl/N-ethyl adjacent to an activating group) is 1. The van der Waals surface area contributed by atoms with Crippen LogP contribution in [-0.4, -0.2) is 25.6 Å². The van der Waals surface area contributed by atoms with E-state index in [-0.39, 0.29) is 12.5 Å². The van der Waals surface area contributed by atoms with Crippen molar-refractivity contribution in [2.45, 2.75) is 19.8 Å². The Bertz CT molecular complexity index is 882. The summed E-state index contributed by atoms with van der Waals surface area (Å²) in [6.07, 6.45) is 1.96. The predicted octanol–water partition coefficient (Wildman–Crippen LogP) is 5.16. The number of hydrogen-bond donors (Lipinski definition) is 1. The highest BCUT2D eigenvalue weighted by atomic mass is 16.5. The Morgan fingerprint density at radius 1 is 0.931 bits per heavy atom. The van der Waals surface area contributed by atoms with E-state index in [0.29, 0.717) is 13.2 Å². The van der Waals surface area contributed by atoms with Crippen LogP contribution in [0.4, 0.5) is 11.4 Å². The normalized spacial score (nSPS) is 10.4. The van der Waals surface area contributed by atoms with Gasteiger partial charge < -0.3 is 15.0 Å². The zero-order valence-electron chi connectivity index (χ0n) is 16.9. The van der Waals surface area contributed by atoms with Crippen molar-refractivity contribution < 1.29 is 9.53 Å². The Hall–Kier alpha value is -3.27. The van der Waals surface area contributed by atoms with Crippen molar-refractivity contribution in [3.63, 3.8) is 0 Å². The van der Waals surface area contributed by atoms with Gasteiger partial charge in [-0.05, 0) is 49.6 Å². The first-order valence-electron chi connectivity index (χ1n) is 10.1. The molecule has 3 aromatic carbocycles. The molecule has 4 heteroatoms. The van der Waals surface area contributed by atoms with Gasteiger partial charge in [-0.1, -0.05) is 54.6 Å². The number of nitrogens with one attached hydrogen (secondary N) is 1. The van der Waals surface area contributed by atoms with Crippen LogP contribution in [0.25, 0.3) is 0 Å². The molecule has 1 amide bonds. The SMILES string of the molecule is CCN(C(=O)CNc1cccc(OCCCc2ccccc2)c1)c1ccccc1. The Balaban J connectivity index is 1.47. The largest absolute Gasteiger partial charge is 0.494 e. The maximum atomic E-state index is 12.6. The standard InChI is InChI=1S/C25H28N2O2/c1-2-27(23-15-7-4-8-16-23)25(28)20-26-22-14-9-17-24(19-22)29-18-10-13-21-11-5-3-6-12-21/h3-9,11-12,14-17,19,26H,2,10,13,18,20H2,1H3. The summed E-state index contributed by atoms with van der Waals surface area (Å²) in [6, 6.07) is 27.9. The Kier molecular flexibility index (Phi) is 7.70. The van der Waals surface area contributed by atoms with E-state index in [9.17, 15) is 4.79 Å². The molecule has 29 heavy (non-hydrogen) atoms. The van der Waals surface area contributed by atoms with Crippen LogP contribution >= 0.6 is 0 Å². The van der Waals surface area contributed by atoms with Gasteiger partial charge in [0.2, 0.25) is 5.91 Å². The summed E-state index contributed by atoms with van der Waals surface area (Å²) in [6.45, 7) is 3.51. The van der Waals surface area contributed by atoms with Crippen molar-refractivity contribution in [2.75, 3.05) is 29.9 Å². The second-order valence-corrected chi connectivity index (χ2v) is 6.79. The van der Waals surface area contributed by atoms with Crippen molar-refractivity contribution in [2.24, 2.45) is 0 Å². The van der Waals surface area contributed by atoms with Crippen molar-refractivity contribution in [1.82, 2.24) is 0 Å². The Labute approximate surface area is 173 Å². The molecule has 0 saturated heterocycles. The molecule has 0 aliphatic carbocycles. The molecule has 0 unspecified atom stereocenters. The molecule has 4 nitrogen and oxygen atoms in total. The van der Waals surface area contributed by atoms with Gasteiger partial charge in [0.05, 0.1) is 13.2 Å². The number of ether oxygens (including phenoxy) is 1. The van der Waals surface area contributed by atoms with Crippen LogP contribution in [-0.2, 0) is 11.2 Å². The molecule has 0 aromatic heterocycles. The second kappa shape index (κ2) is 10.9. The van der Waals surface area contributed by atoms with Crippen molar-refractivity contribution in [3.8, 4) is 5.75 Å². The number of rotatable bonds is 10. The number of benzene rings is 3. The molecular formula is C25H28N2O2. The Morgan fingerprint density at radius 3 is 2.38 bits per heavy atom. The maximum absolute atomic E-state index is 12.6. The minimum Gasteiger partial charge on any atom is -0.494 e. The molecule has 150 valence electrons. The molecule has 0 spiro atoms. The van der Waals surface area contributed by atoms with Crippen LogP contribution in [0.2, 0.25) is 0 Å². The van der Waals surface area contributed by atoms with Crippen LogP contribution in [0.3, 0.4) is 0 Å². The molecule has 3 aromatic rings. The third-order valence-corrected chi connectivity index (χ3v) is 4.68. The van der Waals surface area contributed by atoms with Crippen LogP contribution < -0.4 is 15.0 Å². The lowest BCUT2D eigenvalue weighted by Gasteiger charge is -2.21. The van der Waals surface area contributed by atoms with Gasteiger partial charge in [0.25, 0.3) is 0 Å². The molecule has 0 bridgehead atoms. The molecule has 0 heterocycles. The van der Waals surface area contributed by atoms with Gasteiger partial charge in [-0.15, -0.1) is 0 Å². The fourth-order valence-electron chi connectivity index (χ4n) is 3.19. The molecule has 3 rings (SSSR count). The molecular weight excluding hydrogens is 360 g/mol. The van der Waals surface area contributed by atoms with Crippen LogP contribution in [0, 0.1) is 0 Å². The number of carbonyl (C=O) groups excluding carboxylic acids is 1. The van der Waals surface area contributed by atoms with E-state index in [4.69, 9.17) is 4.74 Å². The summed E-state index contributed by atoms with van der Waals surface area (Å²) in [7, 11) is 0. The molecule has 0 aliphatic heterocycles. The van der Waals surface area contributed by atoms with E-state index in [1.54, 1.807) is 4.90 Å². The number of nitrogens with zero attached hydrogens (tertiary/aromatic N) is 1. The number of hydrogen-bond acceptors (Lipinski definition) is 3. The zero-order valence-corrected chi connectivity index (χ0v) is 16.9. The van der Waals surface area contributed by atoms with E-state index < -0.39 is 0 Å². The molecule has 0 radical (unpaired) electrons. The lowest BCUT2D eigenvalue weighted by molar-refractivity contribution is -0.116. The van der Waals surface area contributed by atoms with Crippen LogP contribution in [0.5, 0.6) is 5.75 Å². The number of aryl methyl sites for hydroxylation is 1. The smallest absolute Gasteiger partial charge is 0.246 e. The third kappa shape index (κ3) is 6.39. The molecule has 0 aliphatic rings. The summed E-state index contributed by atoms with van der Waals surface area (Å²) in [5, 5.41) is 3.21. The fraction of sp³-hybridized carbons (Fsp3) is 0.240. The predicted molar refractivity (Wildman–Crippen MR) is 120 cm³/mol. The van der Waals surface area contributed by atoms with E-state index in [2.05, 4.69) is 29.6 Å². The number of anilines is 2. The Morgan fingerprint density at radius 2 is 1.66 bits per heavy atom. The highest BCUT2D eigenvalue weighted by molar-refractivity contribution is 5.96. The lowest BCUT2D eigenvalue weighted by Crippen LogP contribution is -2.35. The van der Waals surface area contributed by atoms with Crippen LogP contribution in [0.15, 0.2) is 84.9 Å². The topological polar surface area (TPSA) is 41.6 Å². The fourth-order valence-corrected chi connectivity index (χ4v) is 3.19. The van der Waals surface area contributed by atoms with Crippen molar-refractivity contribution in [1.29, 1.82) is 0 Å². The van der Waals surface area contributed by atoms with Gasteiger partial charge in [0, 0.05) is 24.0 Å². The molecule has 0 saturated carbocycles. The summed E-state index contributed by atoms with van der Waals surface area (Å²) < 4.78 is 5.88. The van der Waals surface area contributed by atoms with E-state index in [1.807, 2.05) is 67.6 Å². The van der Waals surface area contributed by atoms with Gasteiger partial charge in [0.15, 0.2) is 0 Å². The lowest BCUT2D eigenvalue weighted by atomic mass is 10.1. The molecule has 0 atom stereocenters. The second-order valence-electron chi connectivity index (χ2n) is 6.79. The quantitative estimate of drug-likeness (QED) is 0.488. The molecule has 0 fully saturated rings. The molecule has 1 N–H and O–H groups in total. The summed E-state index contributed by atoms with van der Waals surface area (Å²) in [5.74, 6) is 0.846. The average molecular weight is 389 g/mol. The number of amides is 1. The third-order valence-electron chi connectivity index (χ3n) is 4.68. The average Bonchev–Trinajstić information content (AvgIpc) is 2.78. The zero-order chi connectivity index (χ0) is 20.3. The monoisotopic (exact) mass is 388 g/mol. The summed E-state index contributed by atoms with van der Waals surface area (Å²) in [4.78, 5) is 14.4. The van der Waals surface area contributed by atoms with Gasteiger partial charge in [0.1, 0.15) is 5.75 Å². The van der Waals surface area contributed by atoms with Gasteiger partial charge in [-0.3, -0.25) is 4.79 Å². The van der Waals surface area contributed by atoms with Gasteiger partial charge >= 0.3 is 0 Å². The summed E-state index contributed by atoms with van der Waals surface area (Å²) >= 11 is 0.